The zero-order valence-corrected chi connectivity index (χ0v) is 17.3. The first kappa shape index (κ1) is 19.6. The Morgan fingerprint density at radius 1 is 1.15 bits per heavy atom. The van der Waals surface area contributed by atoms with Crippen LogP contribution in [0.5, 0.6) is 0 Å². The smallest absolute Gasteiger partial charge is 0.156 e. The number of benzene rings is 1. The van der Waals surface area contributed by atoms with E-state index >= 15 is 0 Å². The van der Waals surface area contributed by atoms with E-state index in [9.17, 15) is 8.42 Å². The van der Waals surface area contributed by atoms with Crippen molar-refractivity contribution in [3.63, 3.8) is 0 Å². The maximum atomic E-state index is 12.7. The van der Waals surface area contributed by atoms with Crippen LogP contribution in [0.2, 0.25) is 0 Å². The Morgan fingerprint density at radius 3 is 2.52 bits per heavy atom. The van der Waals surface area contributed by atoms with Crippen molar-refractivity contribution in [1.82, 2.24) is 14.5 Å². The first-order chi connectivity index (χ1) is 12.7. The number of pyridine rings is 1. The van der Waals surface area contributed by atoms with E-state index in [1.807, 2.05) is 28.8 Å². The van der Waals surface area contributed by atoms with E-state index < -0.39 is 14.6 Å². The normalized spacial score (nSPS) is 12.9. The second kappa shape index (κ2) is 7.11. The van der Waals surface area contributed by atoms with E-state index in [-0.39, 0.29) is 5.75 Å². The zero-order valence-electron chi connectivity index (χ0n) is 16.5. The molecule has 2 aromatic heterocycles. The summed E-state index contributed by atoms with van der Waals surface area (Å²) in [6, 6.07) is 7.78. The van der Waals surface area contributed by atoms with Crippen LogP contribution in [0.25, 0.3) is 21.9 Å². The summed E-state index contributed by atoms with van der Waals surface area (Å²) in [5.41, 5.74) is 8.52. The van der Waals surface area contributed by atoms with Crippen molar-refractivity contribution in [1.29, 1.82) is 0 Å². The number of aromatic nitrogens is 3. The number of aryl methyl sites for hydroxylation is 2. The molecule has 0 spiro atoms. The molecule has 0 aliphatic rings. The van der Waals surface area contributed by atoms with E-state index in [0.29, 0.717) is 17.9 Å². The number of imidazole rings is 1. The summed E-state index contributed by atoms with van der Waals surface area (Å²) in [4.78, 5) is 9.21. The molecule has 0 atom stereocenters. The Balaban J connectivity index is 2.18. The number of para-hydroxylation sites is 1. The number of nitrogen functional groups attached to an aromatic ring is 1. The molecular weight excluding hydrogens is 360 g/mol. The Labute approximate surface area is 160 Å². The summed E-state index contributed by atoms with van der Waals surface area (Å²) in [5.74, 6) is 1.33. The molecule has 0 saturated carbocycles. The van der Waals surface area contributed by atoms with Crippen LogP contribution in [0, 0.1) is 0 Å². The summed E-state index contributed by atoms with van der Waals surface area (Å²) in [5, 5.41) is 0.949. The highest BCUT2D eigenvalue weighted by molar-refractivity contribution is 7.92. The highest BCUT2D eigenvalue weighted by atomic mass is 32.2. The Kier molecular flexibility index (Phi) is 5.16. The molecule has 3 rings (SSSR count). The lowest BCUT2D eigenvalue weighted by atomic mass is 10.2. The maximum Gasteiger partial charge on any atom is 0.156 e. The molecule has 0 saturated heterocycles. The van der Waals surface area contributed by atoms with E-state index in [4.69, 9.17) is 10.7 Å². The van der Waals surface area contributed by atoms with Crippen molar-refractivity contribution in [2.75, 3.05) is 11.5 Å². The van der Waals surface area contributed by atoms with Gasteiger partial charge in [0.05, 0.1) is 21.5 Å². The molecule has 2 N–H and O–H groups in total. The molecule has 146 valence electrons. The molecule has 27 heavy (non-hydrogen) atoms. The molecule has 0 fully saturated rings. The van der Waals surface area contributed by atoms with Gasteiger partial charge >= 0.3 is 0 Å². The minimum absolute atomic E-state index is 0.0671. The van der Waals surface area contributed by atoms with Gasteiger partial charge < -0.3 is 10.3 Å². The quantitative estimate of drug-likeness (QED) is 0.695. The second-order valence-electron chi connectivity index (χ2n) is 7.93. The first-order valence-electron chi connectivity index (χ1n) is 9.41. The monoisotopic (exact) mass is 388 g/mol. The van der Waals surface area contributed by atoms with Crippen LogP contribution < -0.4 is 5.73 Å². The van der Waals surface area contributed by atoms with Gasteiger partial charge in [0, 0.05) is 18.4 Å². The minimum atomic E-state index is -3.24. The number of unbranched alkanes of at least 4 members (excludes halogenated alkanes) is 1. The molecule has 7 heteroatoms. The van der Waals surface area contributed by atoms with Gasteiger partial charge in [0.2, 0.25) is 0 Å². The predicted octanol–water partition coefficient (Wildman–Crippen LogP) is 3.72. The number of fused-ring (bicyclic) bond motifs is 3. The molecule has 6 nitrogen and oxygen atoms in total. The molecule has 1 aromatic carbocycles. The predicted molar refractivity (Wildman–Crippen MR) is 112 cm³/mol. The van der Waals surface area contributed by atoms with Crippen molar-refractivity contribution < 1.29 is 8.42 Å². The van der Waals surface area contributed by atoms with Crippen LogP contribution in [0.3, 0.4) is 0 Å². The van der Waals surface area contributed by atoms with E-state index in [1.54, 1.807) is 20.8 Å². The topological polar surface area (TPSA) is 90.9 Å². The van der Waals surface area contributed by atoms with Gasteiger partial charge in [-0.25, -0.2) is 18.4 Å². The highest BCUT2D eigenvalue weighted by Crippen LogP contribution is 2.29. The van der Waals surface area contributed by atoms with Crippen molar-refractivity contribution in [3.8, 4) is 0 Å². The SMILES string of the molecule is CCCCc1nc2c(N)nc3ccccc3c2n1CCS(=O)(=O)C(C)(C)C. The zero-order chi connectivity index (χ0) is 19.8. The lowest BCUT2D eigenvalue weighted by molar-refractivity contribution is 0.552. The van der Waals surface area contributed by atoms with Crippen LogP contribution >= 0.6 is 0 Å². The van der Waals surface area contributed by atoms with Crippen molar-refractivity contribution in [2.45, 2.75) is 58.2 Å². The van der Waals surface area contributed by atoms with E-state index in [2.05, 4.69) is 11.9 Å². The van der Waals surface area contributed by atoms with Gasteiger partial charge in [-0.2, -0.15) is 0 Å². The molecular formula is C20H28N4O2S. The fourth-order valence-corrected chi connectivity index (χ4v) is 4.22. The van der Waals surface area contributed by atoms with E-state index in [0.717, 1.165) is 41.5 Å². The Bertz CT molecular complexity index is 1080. The molecule has 2 heterocycles. The van der Waals surface area contributed by atoms with Gasteiger partial charge in [-0.05, 0) is 33.3 Å². The fourth-order valence-electron chi connectivity index (χ4n) is 3.19. The lowest BCUT2D eigenvalue weighted by Gasteiger charge is -2.20. The highest BCUT2D eigenvalue weighted by Gasteiger charge is 2.29. The lowest BCUT2D eigenvalue weighted by Crippen LogP contribution is -2.32. The first-order valence-corrected chi connectivity index (χ1v) is 11.1. The number of hydrogen-bond donors (Lipinski definition) is 1. The molecule has 0 unspecified atom stereocenters. The third-order valence-corrected chi connectivity index (χ3v) is 7.55. The van der Waals surface area contributed by atoms with Gasteiger partial charge in [0.15, 0.2) is 15.7 Å². The van der Waals surface area contributed by atoms with Crippen molar-refractivity contribution in [3.05, 3.63) is 30.1 Å². The van der Waals surface area contributed by atoms with Gasteiger partial charge in [-0.15, -0.1) is 0 Å². The standard InChI is InChI=1S/C20H28N4O2S/c1-5-6-11-16-23-17-18(14-9-7-8-10-15(14)22-19(17)21)24(16)12-13-27(25,26)20(2,3)4/h7-10H,5-6,11-13H2,1-4H3,(H2,21,22). The molecule has 0 aliphatic heterocycles. The van der Waals surface area contributed by atoms with Crippen LogP contribution in [-0.2, 0) is 22.8 Å². The summed E-state index contributed by atoms with van der Waals surface area (Å²) in [7, 11) is -3.24. The Morgan fingerprint density at radius 2 is 1.85 bits per heavy atom. The number of nitrogens with two attached hydrogens (primary N) is 1. The van der Waals surface area contributed by atoms with Crippen LogP contribution in [0.1, 0.15) is 46.4 Å². The third-order valence-electron chi connectivity index (χ3n) is 4.96. The number of rotatable bonds is 6. The summed E-state index contributed by atoms with van der Waals surface area (Å²) in [6.07, 6.45) is 2.81. The summed E-state index contributed by atoms with van der Waals surface area (Å²) in [6.45, 7) is 7.71. The van der Waals surface area contributed by atoms with E-state index in [1.165, 1.54) is 0 Å². The van der Waals surface area contributed by atoms with Gasteiger partial charge in [0.1, 0.15) is 11.3 Å². The van der Waals surface area contributed by atoms with Gasteiger partial charge in [-0.3, -0.25) is 0 Å². The number of sulfone groups is 1. The Hall–Kier alpha value is -2.15. The molecule has 0 aliphatic carbocycles. The largest absolute Gasteiger partial charge is 0.382 e. The maximum absolute atomic E-state index is 12.7. The molecule has 3 aromatic rings. The molecule has 0 radical (unpaired) electrons. The third kappa shape index (κ3) is 3.65. The second-order valence-corrected chi connectivity index (χ2v) is 10.8. The number of hydrogen-bond acceptors (Lipinski definition) is 5. The fraction of sp³-hybridized carbons (Fsp3) is 0.500. The molecule has 0 amide bonds. The van der Waals surface area contributed by atoms with Gasteiger partial charge in [0.25, 0.3) is 0 Å². The number of anilines is 1. The summed E-state index contributed by atoms with van der Waals surface area (Å²) < 4.78 is 26.6. The minimum Gasteiger partial charge on any atom is -0.382 e. The van der Waals surface area contributed by atoms with Gasteiger partial charge in [-0.1, -0.05) is 31.5 Å². The average Bonchev–Trinajstić information content (AvgIpc) is 2.97. The number of nitrogens with zero attached hydrogens (tertiary/aromatic N) is 3. The van der Waals surface area contributed by atoms with Crippen molar-refractivity contribution >= 4 is 37.6 Å². The summed E-state index contributed by atoms with van der Waals surface area (Å²) >= 11 is 0. The molecule has 0 bridgehead atoms. The average molecular weight is 389 g/mol. The van der Waals surface area contributed by atoms with Crippen LogP contribution in [0.4, 0.5) is 5.82 Å². The van der Waals surface area contributed by atoms with Crippen molar-refractivity contribution in [2.24, 2.45) is 0 Å². The van der Waals surface area contributed by atoms with Crippen LogP contribution in [0.15, 0.2) is 24.3 Å². The van der Waals surface area contributed by atoms with Crippen LogP contribution in [-0.4, -0.2) is 33.5 Å².